The highest BCUT2D eigenvalue weighted by Crippen LogP contribution is 2.31. The number of benzene rings is 1. The molecule has 1 aromatic heterocycles. The fourth-order valence-corrected chi connectivity index (χ4v) is 3.65. The molecule has 3 rings (SSSR count). The van der Waals surface area contributed by atoms with Crippen LogP contribution in [0.15, 0.2) is 48.6 Å². The lowest BCUT2D eigenvalue weighted by Gasteiger charge is -2.33. The van der Waals surface area contributed by atoms with Crippen molar-refractivity contribution in [2.45, 2.75) is 33.2 Å². The van der Waals surface area contributed by atoms with Gasteiger partial charge in [0.25, 0.3) is 5.91 Å². The summed E-state index contributed by atoms with van der Waals surface area (Å²) in [5, 5.41) is 13.0. The van der Waals surface area contributed by atoms with E-state index >= 15 is 0 Å². The maximum absolute atomic E-state index is 12.7. The zero-order chi connectivity index (χ0) is 19.4. The van der Waals surface area contributed by atoms with E-state index in [9.17, 15) is 9.90 Å². The minimum absolute atomic E-state index is 0.000713. The molecule has 2 atom stereocenters. The average Bonchev–Trinajstić information content (AvgIpc) is 3.02. The summed E-state index contributed by atoms with van der Waals surface area (Å²) in [6, 6.07) is 6.66. The molecule has 0 spiro atoms. The van der Waals surface area contributed by atoms with Crippen LogP contribution in [-0.2, 0) is 0 Å². The molecule has 4 nitrogen and oxygen atoms in total. The van der Waals surface area contributed by atoms with Crippen LogP contribution < -0.4 is 5.32 Å². The van der Waals surface area contributed by atoms with Crippen LogP contribution in [0.3, 0.4) is 0 Å². The standard InChI is InChI=1S/C22H22N2O2S/c1-15-20(21(26)24-16(2)22(3)13-5-4-6-14-22)27-19(23-15)12-9-17-7-10-18(25)11-8-17/h4-8,10-11,13,16,25H,14H2,1-3H3,(H,24,26). The Labute approximate surface area is 163 Å². The first-order valence-electron chi connectivity index (χ1n) is 8.81. The first-order chi connectivity index (χ1) is 12.9. The maximum Gasteiger partial charge on any atom is 0.263 e. The number of thiazole rings is 1. The van der Waals surface area contributed by atoms with Crippen LogP contribution in [0.4, 0.5) is 0 Å². The van der Waals surface area contributed by atoms with Gasteiger partial charge in [-0.25, -0.2) is 4.98 Å². The summed E-state index contributed by atoms with van der Waals surface area (Å²) in [5.41, 5.74) is 1.37. The topological polar surface area (TPSA) is 62.2 Å². The lowest BCUT2D eigenvalue weighted by Crippen LogP contribution is -2.43. The number of aromatic nitrogens is 1. The molecule has 27 heavy (non-hydrogen) atoms. The van der Waals surface area contributed by atoms with Crippen molar-refractivity contribution < 1.29 is 9.90 Å². The van der Waals surface area contributed by atoms with E-state index in [-0.39, 0.29) is 23.1 Å². The van der Waals surface area contributed by atoms with Gasteiger partial charge in [0.05, 0.1) is 5.69 Å². The van der Waals surface area contributed by atoms with Gasteiger partial charge in [-0.15, -0.1) is 11.3 Å². The van der Waals surface area contributed by atoms with E-state index in [4.69, 9.17) is 0 Å². The summed E-state index contributed by atoms with van der Waals surface area (Å²) in [6.45, 7) is 6.00. The van der Waals surface area contributed by atoms with Crippen LogP contribution in [0.1, 0.15) is 46.2 Å². The second-order valence-corrected chi connectivity index (χ2v) is 7.92. The minimum Gasteiger partial charge on any atom is -0.508 e. The van der Waals surface area contributed by atoms with E-state index in [1.807, 2.05) is 26.0 Å². The van der Waals surface area contributed by atoms with E-state index in [1.54, 1.807) is 24.3 Å². The Morgan fingerprint density at radius 1 is 1.30 bits per heavy atom. The molecule has 138 valence electrons. The van der Waals surface area contributed by atoms with Crippen LogP contribution in [0.5, 0.6) is 5.75 Å². The number of phenols is 1. The third-order valence-electron chi connectivity index (χ3n) is 4.80. The minimum atomic E-state index is -0.112. The smallest absolute Gasteiger partial charge is 0.263 e. The van der Waals surface area contributed by atoms with Crippen molar-refractivity contribution in [1.29, 1.82) is 0 Å². The molecule has 1 heterocycles. The molecule has 1 amide bonds. The highest BCUT2D eigenvalue weighted by Gasteiger charge is 2.30. The van der Waals surface area contributed by atoms with Crippen LogP contribution in [-0.4, -0.2) is 22.0 Å². The van der Waals surface area contributed by atoms with Gasteiger partial charge >= 0.3 is 0 Å². The van der Waals surface area contributed by atoms with E-state index in [1.165, 1.54) is 11.3 Å². The van der Waals surface area contributed by atoms with Crippen molar-refractivity contribution in [3.8, 4) is 17.6 Å². The van der Waals surface area contributed by atoms with Gasteiger partial charge in [-0.1, -0.05) is 37.1 Å². The number of hydrogen-bond donors (Lipinski definition) is 2. The van der Waals surface area contributed by atoms with Crippen LogP contribution in [0, 0.1) is 24.2 Å². The molecule has 0 radical (unpaired) electrons. The Bertz CT molecular complexity index is 960. The molecule has 5 heteroatoms. The predicted octanol–water partition coefficient (Wildman–Crippen LogP) is 4.20. The number of allylic oxidation sites excluding steroid dienone is 3. The van der Waals surface area contributed by atoms with Gasteiger partial charge in [-0.3, -0.25) is 4.79 Å². The zero-order valence-electron chi connectivity index (χ0n) is 15.6. The Morgan fingerprint density at radius 2 is 2.04 bits per heavy atom. The number of rotatable bonds is 3. The normalized spacial score (nSPS) is 19.2. The van der Waals surface area contributed by atoms with Gasteiger partial charge in [0.2, 0.25) is 0 Å². The number of amides is 1. The number of carbonyl (C=O) groups is 1. The molecule has 0 fully saturated rings. The Kier molecular flexibility index (Phi) is 5.48. The van der Waals surface area contributed by atoms with Crippen molar-refractivity contribution in [2.75, 3.05) is 0 Å². The highest BCUT2D eigenvalue weighted by atomic mass is 32.1. The summed E-state index contributed by atoms with van der Waals surface area (Å²) in [7, 11) is 0. The lowest BCUT2D eigenvalue weighted by atomic mass is 9.77. The average molecular weight is 378 g/mol. The molecule has 1 aliphatic rings. The van der Waals surface area contributed by atoms with Gasteiger partial charge < -0.3 is 10.4 Å². The number of carbonyl (C=O) groups excluding carboxylic acids is 1. The number of phenolic OH excluding ortho intramolecular Hbond substituents is 1. The molecular formula is C22H22N2O2S. The number of aromatic hydroxyl groups is 1. The fraction of sp³-hybridized carbons (Fsp3) is 0.273. The van der Waals surface area contributed by atoms with Crippen LogP contribution in [0.25, 0.3) is 0 Å². The first-order valence-corrected chi connectivity index (χ1v) is 9.63. The summed E-state index contributed by atoms with van der Waals surface area (Å²) in [6.07, 6.45) is 9.23. The van der Waals surface area contributed by atoms with Crippen molar-refractivity contribution in [1.82, 2.24) is 10.3 Å². The van der Waals surface area contributed by atoms with Gasteiger partial charge in [0.1, 0.15) is 10.6 Å². The summed E-state index contributed by atoms with van der Waals surface area (Å²) >= 11 is 1.30. The molecule has 1 aliphatic carbocycles. The molecule has 1 aromatic carbocycles. The van der Waals surface area contributed by atoms with Gasteiger partial charge in [-0.2, -0.15) is 0 Å². The molecule has 2 unspecified atom stereocenters. The number of hydrogen-bond acceptors (Lipinski definition) is 4. The largest absolute Gasteiger partial charge is 0.508 e. The highest BCUT2D eigenvalue weighted by molar-refractivity contribution is 7.14. The van der Waals surface area contributed by atoms with E-state index in [0.29, 0.717) is 15.6 Å². The second kappa shape index (κ2) is 7.81. The van der Waals surface area contributed by atoms with Crippen molar-refractivity contribution >= 4 is 17.2 Å². The Balaban J connectivity index is 1.72. The Morgan fingerprint density at radius 3 is 2.70 bits per heavy atom. The summed E-state index contributed by atoms with van der Waals surface area (Å²) in [5.74, 6) is 6.09. The van der Waals surface area contributed by atoms with Crippen molar-refractivity contribution in [3.63, 3.8) is 0 Å². The van der Waals surface area contributed by atoms with E-state index in [2.05, 4.69) is 41.2 Å². The molecule has 0 bridgehead atoms. The van der Waals surface area contributed by atoms with Gasteiger partial charge in [-0.05, 0) is 50.5 Å². The van der Waals surface area contributed by atoms with Crippen LogP contribution >= 0.6 is 11.3 Å². The number of nitrogens with zero attached hydrogens (tertiary/aromatic N) is 1. The Hall–Kier alpha value is -2.84. The third-order valence-corrected chi connectivity index (χ3v) is 5.87. The first kappa shape index (κ1) is 18.9. The summed E-state index contributed by atoms with van der Waals surface area (Å²) < 4.78 is 0. The maximum atomic E-state index is 12.7. The van der Waals surface area contributed by atoms with E-state index < -0.39 is 0 Å². The van der Waals surface area contributed by atoms with Gasteiger partial charge in [0, 0.05) is 17.0 Å². The third kappa shape index (κ3) is 4.47. The fourth-order valence-electron chi connectivity index (χ4n) is 2.82. The zero-order valence-corrected chi connectivity index (χ0v) is 16.4. The SMILES string of the molecule is Cc1nc(C#Cc2ccc(O)cc2)sc1C(=O)NC(C)C1(C)C=CC=CC1. The molecule has 2 aromatic rings. The second-order valence-electron chi connectivity index (χ2n) is 6.92. The molecule has 0 saturated heterocycles. The number of aryl methyl sites for hydroxylation is 1. The van der Waals surface area contributed by atoms with Crippen molar-refractivity contribution in [3.05, 3.63) is 69.7 Å². The summed E-state index contributed by atoms with van der Waals surface area (Å²) in [4.78, 5) is 17.7. The molecule has 2 N–H and O–H groups in total. The van der Waals surface area contributed by atoms with E-state index in [0.717, 1.165) is 12.0 Å². The lowest BCUT2D eigenvalue weighted by molar-refractivity contribution is 0.0917. The molecular weight excluding hydrogens is 356 g/mol. The van der Waals surface area contributed by atoms with Gasteiger partial charge in [0.15, 0.2) is 5.01 Å². The number of nitrogens with one attached hydrogen (secondary N) is 1. The monoisotopic (exact) mass is 378 g/mol. The predicted molar refractivity (Wildman–Crippen MR) is 109 cm³/mol. The van der Waals surface area contributed by atoms with Crippen LogP contribution in [0.2, 0.25) is 0 Å². The van der Waals surface area contributed by atoms with Crippen molar-refractivity contribution in [2.24, 2.45) is 5.41 Å². The quantitative estimate of drug-likeness (QED) is 0.787. The molecule has 0 saturated carbocycles. The molecule has 0 aliphatic heterocycles.